The van der Waals surface area contributed by atoms with Crippen LogP contribution in [0.5, 0.6) is 0 Å². The number of halogens is 1. The van der Waals surface area contributed by atoms with Crippen molar-refractivity contribution >= 4 is 18.3 Å². The summed E-state index contributed by atoms with van der Waals surface area (Å²) in [7, 11) is 0. The zero-order valence-electron chi connectivity index (χ0n) is 7.71. The minimum Gasteiger partial charge on any atom is -0.353 e. The lowest BCUT2D eigenvalue weighted by molar-refractivity contribution is -0.125. The van der Waals surface area contributed by atoms with Gasteiger partial charge >= 0.3 is 0 Å². The van der Waals surface area contributed by atoms with Gasteiger partial charge < -0.3 is 10.6 Å². The van der Waals surface area contributed by atoms with E-state index in [2.05, 4.69) is 10.6 Å². The number of amides is 1. The van der Waals surface area contributed by atoms with Crippen LogP contribution in [0.4, 0.5) is 0 Å². The maximum atomic E-state index is 11.5. The predicted molar refractivity (Wildman–Crippen MR) is 54.0 cm³/mol. The molecule has 1 saturated heterocycles. The summed E-state index contributed by atoms with van der Waals surface area (Å²) in [6.45, 7) is 1.95. The van der Waals surface area contributed by atoms with Gasteiger partial charge in [-0.25, -0.2) is 0 Å². The first-order chi connectivity index (χ1) is 5.86. The number of hydrogen-bond donors (Lipinski definition) is 2. The van der Waals surface area contributed by atoms with E-state index in [9.17, 15) is 4.79 Å². The van der Waals surface area contributed by atoms with Crippen LogP contribution in [0.15, 0.2) is 0 Å². The van der Waals surface area contributed by atoms with Crippen molar-refractivity contribution < 1.29 is 4.79 Å². The van der Waals surface area contributed by atoms with Crippen LogP contribution in [0.2, 0.25) is 0 Å². The van der Waals surface area contributed by atoms with Gasteiger partial charge in [-0.05, 0) is 32.2 Å². The second-order valence-electron chi connectivity index (χ2n) is 3.83. The molecule has 1 saturated carbocycles. The number of piperidine rings is 1. The molecule has 1 atom stereocenters. The zero-order valence-corrected chi connectivity index (χ0v) is 8.53. The third-order valence-electron chi connectivity index (χ3n) is 2.59. The van der Waals surface area contributed by atoms with Gasteiger partial charge in [0.2, 0.25) is 5.91 Å². The Labute approximate surface area is 85.1 Å². The Balaban J connectivity index is 0.000000845. The molecular formula is C9H17ClN2O. The van der Waals surface area contributed by atoms with Crippen LogP contribution in [0.3, 0.4) is 0 Å². The van der Waals surface area contributed by atoms with E-state index in [0.717, 1.165) is 25.9 Å². The molecule has 1 amide bonds. The highest BCUT2D eigenvalue weighted by molar-refractivity contribution is 5.85. The van der Waals surface area contributed by atoms with Gasteiger partial charge in [-0.1, -0.05) is 0 Å². The van der Waals surface area contributed by atoms with E-state index in [1.54, 1.807) is 0 Å². The van der Waals surface area contributed by atoms with Gasteiger partial charge in [0.25, 0.3) is 0 Å². The maximum Gasteiger partial charge on any atom is 0.224 e. The Kier molecular flexibility index (Phi) is 4.00. The highest BCUT2D eigenvalue weighted by Crippen LogP contribution is 2.20. The lowest BCUT2D eigenvalue weighted by atomic mass is 9.99. The third-order valence-corrected chi connectivity index (χ3v) is 2.59. The second kappa shape index (κ2) is 4.82. The van der Waals surface area contributed by atoms with Crippen molar-refractivity contribution in [3.8, 4) is 0 Å². The molecule has 13 heavy (non-hydrogen) atoms. The summed E-state index contributed by atoms with van der Waals surface area (Å²) in [6, 6.07) is 0.513. The smallest absolute Gasteiger partial charge is 0.224 e. The normalized spacial score (nSPS) is 27.5. The van der Waals surface area contributed by atoms with E-state index in [-0.39, 0.29) is 24.2 Å². The Morgan fingerprint density at radius 2 is 2.08 bits per heavy atom. The van der Waals surface area contributed by atoms with Crippen molar-refractivity contribution in [2.24, 2.45) is 5.92 Å². The lowest BCUT2D eigenvalue weighted by Crippen LogP contribution is -2.41. The largest absolute Gasteiger partial charge is 0.353 e. The fourth-order valence-corrected chi connectivity index (χ4v) is 1.62. The summed E-state index contributed by atoms with van der Waals surface area (Å²) in [5.74, 6) is 0.504. The minimum atomic E-state index is 0. The average molecular weight is 205 g/mol. The SMILES string of the molecule is Cl.O=C(NC1CC1)C1CCCNC1. The number of carbonyl (C=O) groups excluding carboxylic acids is 1. The molecule has 0 aromatic heterocycles. The summed E-state index contributed by atoms with van der Waals surface area (Å²) in [6.07, 6.45) is 4.58. The lowest BCUT2D eigenvalue weighted by Gasteiger charge is -2.21. The molecule has 0 radical (unpaired) electrons. The molecule has 2 rings (SSSR count). The molecule has 0 spiro atoms. The van der Waals surface area contributed by atoms with E-state index in [1.807, 2.05) is 0 Å². The van der Waals surface area contributed by atoms with Crippen LogP contribution >= 0.6 is 12.4 Å². The van der Waals surface area contributed by atoms with Gasteiger partial charge in [0.15, 0.2) is 0 Å². The highest BCUT2D eigenvalue weighted by atomic mass is 35.5. The van der Waals surface area contributed by atoms with E-state index >= 15 is 0 Å². The molecular weight excluding hydrogens is 188 g/mol. The standard InChI is InChI=1S/C9H16N2O.ClH/c12-9(11-8-3-4-8)7-2-1-5-10-6-7;/h7-8,10H,1-6H2,(H,11,12);1H. The molecule has 76 valence electrons. The van der Waals surface area contributed by atoms with Crippen molar-refractivity contribution in [3.63, 3.8) is 0 Å². The number of nitrogens with one attached hydrogen (secondary N) is 2. The first-order valence-electron chi connectivity index (χ1n) is 4.87. The Morgan fingerprint density at radius 1 is 1.31 bits per heavy atom. The van der Waals surface area contributed by atoms with Crippen LogP contribution in [-0.2, 0) is 4.79 Å². The number of carbonyl (C=O) groups is 1. The molecule has 2 fully saturated rings. The summed E-state index contributed by atoms with van der Waals surface area (Å²) in [5, 5.41) is 6.29. The predicted octanol–water partition coefficient (Wildman–Crippen LogP) is 0.686. The fourth-order valence-electron chi connectivity index (χ4n) is 1.62. The van der Waals surface area contributed by atoms with Crippen molar-refractivity contribution in [3.05, 3.63) is 0 Å². The van der Waals surface area contributed by atoms with E-state index in [0.29, 0.717) is 6.04 Å². The van der Waals surface area contributed by atoms with E-state index in [4.69, 9.17) is 0 Å². The Hall–Kier alpha value is -0.280. The quantitative estimate of drug-likeness (QED) is 0.695. The van der Waals surface area contributed by atoms with Crippen molar-refractivity contribution in [1.29, 1.82) is 0 Å². The van der Waals surface area contributed by atoms with Crippen LogP contribution in [0.1, 0.15) is 25.7 Å². The molecule has 1 aliphatic carbocycles. The average Bonchev–Trinajstić information content (AvgIpc) is 2.90. The van der Waals surface area contributed by atoms with Crippen LogP contribution in [-0.4, -0.2) is 25.0 Å². The molecule has 2 aliphatic rings. The molecule has 1 unspecified atom stereocenters. The van der Waals surface area contributed by atoms with Gasteiger partial charge in [0.1, 0.15) is 0 Å². The number of hydrogen-bond acceptors (Lipinski definition) is 2. The van der Waals surface area contributed by atoms with Crippen LogP contribution < -0.4 is 10.6 Å². The summed E-state index contributed by atoms with van der Waals surface area (Å²) in [4.78, 5) is 11.5. The molecule has 0 aromatic rings. The highest BCUT2D eigenvalue weighted by Gasteiger charge is 2.27. The van der Waals surface area contributed by atoms with Crippen LogP contribution in [0.25, 0.3) is 0 Å². The van der Waals surface area contributed by atoms with Gasteiger partial charge in [-0.15, -0.1) is 12.4 Å². The van der Waals surface area contributed by atoms with Gasteiger partial charge in [0, 0.05) is 12.6 Å². The van der Waals surface area contributed by atoms with Gasteiger partial charge in [0.05, 0.1) is 5.92 Å². The van der Waals surface area contributed by atoms with E-state index < -0.39 is 0 Å². The topological polar surface area (TPSA) is 41.1 Å². The second-order valence-corrected chi connectivity index (χ2v) is 3.83. The molecule has 0 bridgehead atoms. The Morgan fingerprint density at radius 3 is 2.62 bits per heavy atom. The Bertz CT molecular complexity index is 176. The van der Waals surface area contributed by atoms with Gasteiger partial charge in [-0.2, -0.15) is 0 Å². The van der Waals surface area contributed by atoms with Crippen molar-refractivity contribution in [1.82, 2.24) is 10.6 Å². The molecule has 3 nitrogen and oxygen atoms in total. The summed E-state index contributed by atoms with van der Waals surface area (Å²) >= 11 is 0. The van der Waals surface area contributed by atoms with Crippen molar-refractivity contribution in [2.75, 3.05) is 13.1 Å². The summed E-state index contributed by atoms with van der Waals surface area (Å²) < 4.78 is 0. The molecule has 0 aromatic carbocycles. The molecule has 1 heterocycles. The van der Waals surface area contributed by atoms with Crippen molar-refractivity contribution in [2.45, 2.75) is 31.7 Å². The fraction of sp³-hybridized carbons (Fsp3) is 0.889. The monoisotopic (exact) mass is 204 g/mol. The summed E-state index contributed by atoms with van der Waals surface area (Å²) in [5.41, 5.74) is 0. The minimum absolute atomic E-state index is 0. The van der Waals surface area contributed by atoms with Gasteiger partial charge in [-0.3, -0.25) is 4.79 Å². The molecule has 1 aliphatic heterocycles. The first kappa shape index (κ1) is 10.8. The third kappa shape index (κ3) is 3.16. The van der Waals surface area contributed by atoms with Crippen LogP contribution in [0, 0.1) is 5.92 Å². The maximum absolute atomic E-state index is 11.5. The molecule has 4 heteroatoms. The molecule has 2 N–H and O–H groups in total. The number of rotatable bonds is 2. The zero-order chi connectivity index (χ0) is 8.39. The first-order valence-corrected chi connectivity index (χ1v) is 4.87. The van der Waals surface area contributed by atoms with E-state index in [1.165, 1.54) is 12.8 Å².